The van der Waals surface area contributed by atoms with Crippen molar-refractivity contribution in [3.05, 3.63) is 54.2 Å². The summed E-state index contributed by atoms with van der Waals surface area (Å²) < 4.78 is 24.6. The molecular formula is C21H30FIN4O2. The number of benzene rings is 1. The zero-order valence-electron chi connectivity index (χ0n) is 16.8. The minimum atomic E-state index is -0.172. The highest BCUT2D eigenvalue weighted by Gasteiger charge is 2.22. The van der Waals surface area contributed by atoms with Crippen molar-refractivity contribution < 1.29 is 13.5 Å². The van der Waals surface area contributed by atoms with E-state index in [1.165, 1.54) is 6.07 Å². The molecule has 0 aliphatic carbocycles. The average molecular weight is 516 g/mol. The van der Waals surface area contributed by atoms with Gasteiger partial charge in [0.05, 0.1) is 25.1 Å². The first-order chi connectivity index (χ1) is 13.8. The number of hydrogen-bond donors (Lipinski definition) is 2. The molecule has 1 unspecified atom stereocenters. The van der Waals surface area contributed by atoms with Crippen LogP contribution in [-0.4, -0.2) is 51.9 Å². The topological polar surface area (TPSA) is 62.0 Å². The summed E-state index contributed by atoms with van der Waals surface area (Å²) in [4.78, 5) is 6.69. The molecule has 1 fully saturated rings. The Morgan fingerprint density at radius 1 is 1.31 bits per heavy atom. The molecule has 1 atom stereocenters. The molecule has 1 aromatic heterocycles. The molecule has 0 amide bonds. The van der Waals surface area contributed by atoms with Crippen LogP contribution in [0.15, 0.2) is 52.1 Å². The smallest absolute Gasteiger partial charge is 0.191 e. The summed E-state index contributed by atoms with van der Waals surface area (Å²) in [5, 5.41) is 6.86. The van der Waals surface area contributed by atoms with Gasteiger partial charge in [0.2, 0.25) is 0 Å². The SMILES string of the molecule is COCCN=C(NCCc1ccco1)NC1CCCN(c2ccccc2F)C1.I. The molecule has 2 heterocycles. The fraction of sp³-hybridized carbons (Fsp3) is 0.476. The first-order valence-electron chi connectivity index (χ1n) is 9.82. The van der Waals surface area contributed by atoms with Gasteiger partial charge in [-0.25, -0.2) is 4.39 Å². The van der Waals surface area contributed by atoms with Gasteiger partial charge < -0.3 is 24.7 Å². The third-order valence-electron chi connectivity index (χ3n) is 4.76. The molecule has 160 valence electrons. The van der Waals surface area contributed by atoms with Crippen molar-refractivity contribution in [1.82, 2.24) is 10.6 Å². The number of ether oxygens (including phenoxy) is 1. The van der Waals surface area contributed by atoms with E-state index in [0.717, 1.165) is 50.6 Å². The summed E-state index contributed by atoms with van der Waals surface area (Å²) in [6.07, 6.45) is 4.49. The number of para-hydroxylation sites is 1. The van der Waals surface area contributed by atoms with Crippen LogP contribution in [-0.2, 0) is 11.2 Å². The summed E-state index contributed by atoms with van der Waals surface area (Å²) in [5.41, 5.74) is 0.664. The molecular weight excluding hydrogens is 486 g/mol. The summed E-state index contributed by atoms with van der Waals surface area (Å²) >= 11 is 0. The summed E-state index contributed by atoms with van der Waals surface area (Å²) in [5.74, 6) is 1.52. The van der Waals surface area contributed by atoms with Gasteiger partial charge in [0.1, 0.15) is 11.6 Å². The molecule has 1 aliphatic rings. The van der Waals surface area contributed by atoms with Crippen molar-refractivity contribution in [2.45, 2.75) is 25.3 Å². The Kier molecular flexibility index (Phi) is 10.3. The van der Waals surface area contributed by atoms with Crippen LogP contribution in [0.4, 0.5) is 10.1 Å². The summed E-state index contributed by atoms with van der Waals surface area (Å²) in [7, 11) is 1.67. The number of piperidine rings is 1. The molecule has 6 nitrogen and oxygen atoms in total. The number of nitrogens with one attached hydrogen (secondary N) is 2. The minimum Gasteiger partial charge on any atom is -0.469 e. The van der Waals surface area contributed by atoms with E-state index in [4.69, 9.17) is 9.15 Å². The monoisotopic (exact) mass is 516 g/mol. The van der Waals surface area contributed by atoms with Gasteiger partial charge in [0.25, 0.3) is 0 Å². The second-order valence-electron chi connectivity index (χ2n) is 6.86. The molecule has 1 saturated heterocycles. The fourth-order valence-electron chi connectivity index (χ4n) is 3.38. The first kappa shape index (κ1) is 23.5. The van der Waals surface area contributed by atoms with Crippen LogP contribution in [0.3, 0.4) is 0 Å². The standard InChI is InChI=1S/C21H29FN4O2.HI/c1-27-15-12-24-21(23-11-10-18-7-5-14-28-18)25-17-6-4-13-26(16-17)20-9-3-2-8-19(20)22;/h2-3,5,7-9,14,17H,4,6,10-13,15-16H2,1H3,(H2,23,24,25);1H. The molecule has 3 rings (SSSR count). The molecule has 1 aliphatic heterocycles. The lowest BCUT2D eigenvalue weighted by Crippen LogP contribution is -2.51. The minimum absolute atomic E-state index is 0. The maximum absolute atomic E-state index is 14.1. The Morgan fingerprint density at radius 3 is 2.93 bits per heavy atom. The Bertz CT molecular complexity index is 742. The number of rotatable bonds is 8. The number of anilines is 1. The molecule has 1 aromatic carbocycles. The van der Waals surface area contributed by atoms with Crippen molar-refractivity contribution in [3.63, 3.8) is 0 Å². The highest BCUT2D eigenvalue weighted by atomic mass is 127. The largest absolute Gasteiger partial charge is 0.469 e. The third kappa shape index (κ3) is 7.50. The van der Waals surface area contributed by atoms with Gasteiger partial charge in [-0.2, -0.15) is 0 Å². The van der Waals surface area contributed by atoms with Crippen LogP contribution in [0.2, 0.25) is 0 Å². The van der Waals surface area contributed by atoms with Gasteiger partial charge in [-0.05, 0) is 37.1 Å². The predicted octanol–water partition coefficient (Wildman–Crippen LogP) is 3.43. The summed E-state index contributed by atoms with van der Waals surface area (Å²) in [6, 6.07) is 11.0. The van der Waals surface area contributed by atoms with Gasteiger partial charge in [0, 0.05) is 39.2 Å². The fourth-order valence-corrected chi connectivity index (χ4v) is 3.38. The molecule has 0 spiro atoms. The van der Waals surface area contributed by atoms with Crippen LogP contribution < -0.4 is 15.5 Å². The van der Waals surface area contributed by atoms with E-state index >= 15 is 0 Å². The maximum atomic E-state index is 14.1. The normalized spacial score (nSPS) is 17.0. The van der Waals surface area contributed by atoms with Crippen molar-refractivity contribution in [2.24, 2.45) is 4.99 Å². The van der Waals surface area contributed by atoms with Crippen LogP contribution >= 0.6 is 24.0 Å². The Hall–Kier alpha value is -1.81. The van der Waals surface area contributed by atoms with Crippen LogP contribution in [0, 0.1) is 5.82 Å². The molecule has 8 heteroatoms. The maximum Gasteiger partial charge on any atom is 0.191 e. The molecule has 0 bridgehead atoms. The molecule has 2 N–H and O–H groups in total. The zero-order chi connectivity index (χ0) is 19.6. The van der Waals surface area contributed by atoms with Gasteiger partial charge in [-0.1, -0.05) is 12.1 Å². The van der Waals surface area contributed by atoms with Crippen molar-refractivity contribution in [1.29, 1.82) is 0 Å². The quantitative estimate of drug-likeness (QED) is 0.244. The van der Waals surface area contributed by atoms with Crippen LogP contribution in [0.1, 0.15) is 18.6 Å². The molecule has 2 aromatic rings. The van der Waals surface area contributed by atoms with Gasteiger partial charge in [0.15, 0.2) is 5.96 Å². The lowest BCUT2D eigenvalue weighted by atomic mass is 10.0. The van der Waals surface area contributed by atoms with E-state index in [1.54, 1.807) is 19.4 Å². The number of guanidine groups is 1. The molecule has 0 radical (unpaired) electrons. The lowest BCUT2D eigenvalue weighted by molar-refractivity contribution is 0.207. The average Bonchev–Trinajstić information content (AvgIpc) is 3.22. The lowest BCUT2D eigenvalue weighted by Gasteiger charge is -2.35. The van der Waals surface area contributed by atoms with Crippen molar-refractivity contribution >= 4 is 35.6 Å². The van der Waals surface area contributed by atoms with E-state index in [0.29, 0.717) is 18.8 Å². The Morgan fingerprint density at radius 2 is 2.17 bits per heavy atom. The molecule has 0 saturated carbocycles. The summed E-state index contributed by atoms with van der Waals surface area (Å²) in [6.45, 7) is 3.47. The van der Waals surface area contributed by atoms with Crippen LogP contribution in [0.5, 0.6) is 0 Å². The number of methoxy groups -OCH3 is 1. The van der Waals surface area contributed by atoms with Gasteiger partial charge in [-0.15, -0.1) is 24.0 Å². The van der Waals surface area contributed by atoms with Gasteiger partial charge >= 0.3 is 0 Å². The second kappa shape index (κ2) is 12.7. The second-order valence-corrected chi connectivity index (χ2v) is 6.86. The van der Waals surface area contributed by atoms with Crippen LogP contribution in [0.25, 0.3) is 0 Å². The van der Waals surface area contributed by atoms with Gasteiger partial charge in [-0.3, -0.25) is 4.99 Å². The number of halogens is 2. The van der Waals surface area contributed by atoms with Crippen molar-refractivity contribution in [3.8, 4) is 0 Å². The number of hydrogen-bond acceptors (Lipinski definition) is 4. The van der Waals surface area contributed by atoms with E-state index in [2.05, 4.69) is 20.5 Å². The third-order valence-corrected chi connectivity index (χ3v) is 4.76. The zero-order valence-corrected chi connectivity index (χ0v) is 19.1. The number of nitrogens with zero attached hydrogens (tertiary/aromatic N) is 2. The highest BCUT2D eigenvalue weighted by molar-refractivity contribution is 14.0. The van der Waals surface area contributed by atoms with E-state index in [-0.39, 0.29) is 35.8 Å². The highest BCUT2D eigenvalue weighted by Crippen LogP contribution is 2.22. The van der Waals surface area contributed by atoms with E-state index in [1.807, 2.05) is 24.3 Å². The van der Waals surface area contributed by atoms with E-state index in [9.17, 15) is 4.39 Å². The van der Waals surface area contributed by atoms with Crippen molar-refractivity contribution in [2.75, 3.05) is 44.8 Å². The van der Waals surface area contributed by atoms with E-state index < -0.39 is 0 Å². The first-order valence-corrected chi connectivity index (χ1v) is 9.82. The molecule has 29 heavy (non-hydrogen) atoms. The number of aliphatic imine (C=N–C) groups is 1. The Balaban J connectivity index is 0.00000300. The predicted molar refractivity (Wildman–Crippen MR) is 125 cm³/mol. The number of furan rings is 1. The Labute approximate surface area is 188 Å².